The van der Waals surface area contributed by atoms with Crippen molar-refractivity contribution >= 4 is 35.6 Å². The summed E-state index contributed by atoms with van der Waals surface area (Å²) in [6, 6.07) is 23.8. The summed E-state index contributed by atoms with van der Waals surface area (Å²) in [5.74, 6) is 1.81. The van der Waals surface area contributed by atoms with Crippen molar-refractivity contribution in [2.75, 3.05) is 20.3 Å². The topological polar surface area (TPSA) is 93.0 Å². The molecule has 0 spiro atoms. The monoisotopic (exact) mass is 668 g/mol. The normalized spacial score (nSPS) is 18.5. The molecule has 0 saturated carbocycles. The quantitative estimate of drug-likeness (QED) is 0.176. The van der Waals surface area contributed by atoms with Crippen LogP contribution >= 0.6 is 0 Å². The Kier molecular flexibility index (Phi) is 8.56. The molecule has 0 saturated heterocycles. The Morgan fingerprint density at radius 1 is 0.640 bits per heavy atom. The van der Waals surface area contributed by atoms with Crippen LogP contribution in [0.5, 0.6) is 17.2 Å². The van der Waals surface area contributed by atoms with Crippen LogP contribution in [0.4, 0.5) is 11.4 Å². The zero-order valence-corrected chi connectivity index (χ0v) is 28.4. The van der Waals surface area contributed by atoms with E-state index in [0.29, 0.717) is 60.3 Å². The number of nitrogens with zero attached hydrogens (tertiary/aromatic N) is 4. The van der Waals surface area contributed by atoms with Gasteiger partial charge in [0.1, 0.15) is 5.75 Å². The summed E-state index contributed by atoms with van der Waals surface area (Å²) in [6.45, 7) is 4.16. The average Bonchev–Trinajstić information content (AvgIpc) is 3.35. The molecule has 2 amide bonds. The summed E-state index contributed by atoms with van der Waals surface area (Å²) in [7, 11) is 1.59. The third kappa shape index (κ3) is 6.01. The minimum atomic E-state index is -0.0898. The van der Waals surface area contributed by atoms with Gasteiger partial charge in [-0.15, -0.1) is 0 Å². The maximum absolute atomic E-state index is 13.7. The zero-order chi connectivity index (χ0) is 34.2. The smallest absolute Gasteiger partial charge is 0.257 e. The number of benzene rings is 4. The van der Waals surface area contributed by atoms with Crippen molar-refractivity contribution in [2.45, 2.75) is 64.2 Å². The van der Waals surface area contributed by atoms with Gasteiger partial charge in [0, 0.05) is 37.7 Å². The van der Waals surface area contributed by atoms with Crippen LogP contribution in [0.1, 0.15) is 67.8 Å². The molecule has 0 unspecified atom stereocenters. The number of ether oxygens (including phenoxy) is 3. The number of carbonyl (C=O) groups excluding carboxylic acids is 2. The van der Waals surface area contributed by atoms with Crippen LogP contribution in [0.3, 0.4) is 0 Å². The lowest BCUT2D eigenvalue weighted by molar-refractivity contribution is 0.0696. The molecule has 254 valence electrons. The molecule has 4 heterocycles. The van der Waals surface area contributed by atoms with Crippen LogP contribution < -0.4 is 14.2 Å². The molecule has 4 aromatic rings. The van der Waals surface area contributed by atoms with E-state index in [4.69, 9.17) is 24.2 Å². The van der Waals surface area contributed by atoms with Crippen LogP contribution in [0.2, 0.25) is 0 Å². The standard InChI is InChI=1S/C41H40N4O5/c1-26-16-33-35(42-22-31-17-27-10-4-6-12-29(27)24-44(31)40(33)46)20-37(26)49-14-8-3-9-15-50-39-21-36-34(19-38(39)48-2)41(47)45-25-30-13-7-5-11-28(30)18-32(45)23-43-36/h4-7,10-13,16,19-23,31-32H,3,8-9,14-15,17-18,24-25H2,1-2H3/t31-,32-/m0/s1. The fraction of sp³-hybridized carbons (Fsp3) is 0.317. The molecule has 4 aliphatic rings. The predicted octanol–water partition coefficient (Wildman–Crippen LogP) is 7.20. The maximum atomic E-state index is 13.7. The van der Waals surface area contributed by atoms with Crippen molar-refractivity contribution in [3.05, 3.63) is 112 Å². The maximum Gasteiger partial charge on any atom is 0.257 e. The molecule has 0 radical (unpaired) electrons. The Balaban J connectivity index is 0.853. The van der Waals surface area contributed by atoms with Crippen LogP contribution in [0.25, 0.3) is 0 Å². The van der Waals surface area contributed by atoms with Crippen molar-refractivity contribution in [3.63, 3.8) is 0 Å². The number of aryl methyl sites for hydroxylation is 1. The SMILES string of the molecule is COc1cc2c(cc1OCCCCCOc1cc3c(cc1C)C(=O)N1Cc4ccccc4C[C@H]1C=N3)N=C[C@@H]1Cc3ccccc3CN1C2=O. The van der Waals surface area contributed by atoms with Gasteiger partial charge in [-0.05, 0) is 79.0 Å². The highest BCUT2D eigenvalue weighted by atomic mass is 16.5. The summed E-state index contributed by atoms with van der Waals surface area (Å²) < 4.78 is 18.0. The van der Waals surface area contributed by atoms with Crippen molar-refractivity contribution < 1.29 is 23.8 Å². The Morgan fingerprint density at radius 3 is 1.70 bits per heavy atom. The van der Waals surface area contributed by atoms with Gasteiger partial charge in [-0.3, -0.25) is 19.6 Å². The van der Waals surface area contributed by atoms with E-state index in [-0.39, 0.29) is 23.9 Å². The second-order valence-electron chi connectivity index (χ2n) is 13.4. The molecular weight excluding hydrogens is 628 g/mol. The van der Waals surface area contributed by atoms with Gasteiger partial charge in [-0.2, -0.15) is 0 Å². The highest BCUT2D eigenvalue weighted by Gasteiger charge is 2.34. The van der Waals surface area contributed by atoms with Gasteiger partial charge in [0.05, 0.1) is 54.9 Å². The van der Waals surface area contributed by atoms with Gasteiger partial charge in [0.25, 0.3) is 11.8 Å². The second-order valence-corrected chi connectivity index (χ2v) is 13.4. The first-order valence-electron chi connectivity index (χ1n) is 17.4. The van der Waals surface area contributed by atoms with Gasteiger partial charge in [0.15, 0.2) is 11.5 Å². The van der Waals surface area contributed by atoms with E-state index >= 15 is 0 Å². The molecule has 9 nitrogen and oxygen atoms in total. The number of rotatable bonds is 9. The number of unbranched alkanes of at least 4 members (excludes halogenated alkanes) is 2. The Labute approximate surface area is 292 Å². The first kappa shape index (κ1) is 31.8. The number of fused-ring (bicyclic) bond motifs is 6. The van der Waals surface area contributed by atoms with Gasteiger partial charge >= 0.3 is 0 Å². The van der Waals surface area contributed by atoms with E-state index in [2.05, 4.69) is 24.3 Å². The molecule has 2 atom stereocenters. The van der Waals surface area contributed by atoms with Crippen molar-refractivity contribution in [2.24, 2.45) is 9.98 Å². The Morgan fingerprint density at radius 2 is 1.14 bits per heavy atom. The van der Waals surface area contributed by atoms with E-state index in [0.717, 1.165) is 43.4 Å². The first-order valence-corrected chi connectivity index (χ1v) is 17.4. The predicted molar refractivity (Wildman–Crippen MR) is 193 cm³/mol. The number of amides is 2. The minimum Gasteiger partial charge on any atom is -0.493 e. The van der Waals surface area contributed by atoms with E-state index < -0.39 is 0 Å². The molecule has 0 aliphatic carbocycles. The molecule has 9 heteroatoms. The van der Waals surface area contributed by atoms with Crippen molar-refractivity contribution in [1.29, 1.82) is 0 Å². The van der Waals surface area contributed by atoms with Crippen LogP contribution in [0.15, 0.2) is 82.8 Å². The highest BCUT2D eigenvalue weighted by Crippen LogP contribution is 2.39. The molecule has 50 heavy (non-hydrogen) atoms. The summed E-state index contributed by atoms with van der Waals surface area (Å²) in [5.41, 5.74) is 8.22. The number of aliphatic imine (C=N–C) groups is 2. The lowest BCUT2D eigenvalue weighted by atomic mass is 9.94. The molecule has 4 aliphatic heterocycles. The summed E-state index contributed by atoms with van der Waals surface area (Å²) in [6.07, 6.45) is 7.88. The van der Waals surface area contributed by atoms with Gasteiger partial charge < -0.3 is 24.0 Å². The number of hydrogen-bond donors (Lipinski definition) is 0. The summed E-state index contributed by atoms with van der Waals surface area (Å²) in [5, 5.41) is 0. The number of hydrogen-bond acceptors (Lipinski definition) is 7. The van der Waals surface area contributed by atoms with E-state index in [9.17, 15) is 9.59 Å². The first-order chi connectivity index (χ1) is 24.5. The van der Waals surface area contributed by atoms with Crippen LogP contribution in [-0.2, 0) is 25.9 Å². The molecular formula is C41H40N4O5. The van der Waals surface area contributed by atoms with Crippen molar-refractivity contribution in [1.82, 2.24) is 9.80 Å². The van der Waals surface area contributed by atoms with Gasteiger partial charge in [0.2, 0.25) is 0 Å². The highest BCUT2D eigenvalue weighted by molar-refractivity contribution is 6.04. The third-order valence-electron chi connectivity index (χ3n) is 10.2. The molecule has 4 aromatic carbocycles. The zero-order valence-electron chi connectivity index (χ0n) is 28.4. The number of methoxy groups -OCH3 is 1. The lowest BCUT2D eigenvalue weighted by Crippen LogP contribution is -2.44. The molecule has 0 fully saturated rings. The van der Waals surface area contributed by atoms with E-state index in [1.54, 1.807) is 13.2 Å². The molecule has 0 aromatic heterocycles. The van der Waals surface area contributed by atoms with E-state index in [1.807, 2.05) is 71.6 Å². The van der Waals surface area contributed by atoms with E-state index in [1.165, 1.54) is 22.3 Å². The largest absolute Gasteiger partial charge is 0.493 e. The molecule has 8 rings (SSSR count). The molecule has 0 N–H and O–H groups in total. The van der Waals surface area contributed by atoms with Gasteiger partial charge in [-0.25, -0.2) is 0 Å². The average molecular weight is 669 g/mol. The third-order valence-corrected chi connectivity index (χ3v) is 10.2. The van der Waals surface area contributed by atoms with Crippen LogP contribution in [-0.4, -0.2) is 66.5 Å². The van der Waals surface area contributed by atoms with Crippen molar-refractivity contribution in [3.8, 4) is 17.2 Å². The minimum absolute atomic E-state index is 0.0120. The fourth-order valence-electron chi connectivity index (χ4n) is 7.40. The van der Waals surface area contributed by atoms with Gasteiger partial charge in [-0.1, -0.05) is 48.5 Å². The lowest BCUT2D eigenvalue weighted by Gasteiger charge is -2.34. The fourth-order valence-corrected chi connectivity index (χ4v) is 7.40. The summed E-state index contributed by atoms with van der Waals surface area (Å²) in [4.78, 5) is 40.5. The van der Waals surface area contributed by atoms with Crippen LogP contribution in [0, 0.1) is 6.92 Å². The Hall–Kier alpha value is -5.44. The number of carbonyl (C=O) groups is 2. The molecule has 0 bridgehead atoms. The second kappa shape index (κ2) is 13.5. The Bertz CT molecular complexity index is 2040. The summed E-state index contributed by atoms with van der Waals surface area (Å²) >= 11 is 0.